The second-order valence-corrected chi connectivity index (χ2v) is 8.05. The maximum Gasteiger partial charge on any atom is 0.417 e. The number of anilines is 2. The number of halogens is 4. The highest BCUT2D eigenvalue weighted by atomic mass is 35.5. The van der Waals surface area contributed by atoms with E-state index in [0.717, 1.165) is 12.3 Å². The summed E-state index contributed by atoms with van der Waals surface area (Å²) in [6.45, 7) is 3.36. The summed E-state index contributed by atoms with van der Waals surface area (Å²) in [5.41, 5.74) is -0.239. The fourth-order valence-electron chi connectivity index (χ4n) is 3.67. The smallest absolute Gasteiger partial charge is 0.417 e. The number of Topliss-reactive ketones (excluding diaryl/α,β-unsaturated/α-hetero) is 1. The molecule has 1 fully saturated rings. The van der Waals surface area contributed by atoms with Crippen molar-refractivity contribution in [2.45, 2.75) is 13.1 Å². The number of carbonyl (C=O) groups excluding carboxylic acids is 2. The molecular weight excluding hydrogens is 465 g/mol. The molecule has 0 saturated carbocycles. The highest BCUT2D eigenvalue weighted by molar-refractivity contribution is 6.33. The summed E-state index contributed by atoms with van der Waals surface area (Å²) in [5.74, 6) is 0.642. The first kappa shape index (κ1) is 23.1. The van der Waals surface area contributed by atoms with Crippen LogP contribution in [0.2, 0.25) is 5.02 Å². The number of nitrogens with one attached hydrogen (secondary N) is 1. The Kier molecular flexibility index (Phi) is 6.35. The lowest BCUT2D eigenvalue weighted by molar-refractivity contribution is -0.137. The summed E-state index contributed by atoms with van der Waals surface area (Å²) in [4.78, 5) is 32.1. The molecule has 1 aromatic heterocycles. The Morgan fingerprint density at radius 3 is 2.39 bits per heavy atom. The number of amides is 1. The van der Waals surface area contributed by atoms with Gasteiger partial charge in [0.1, 0.15) is 5.82 Å². The molecule has 1 saturated heterocycles. The van der Waals surface area contributed by atoms with Crippen LogP contribution in [0.1, 0.15) is 22.8 Å². The number of hydrogen-bond acceptors (Lipinski definition) is 7. The number of ether oxygens (including phenoxy) is 2. The Bertz CT molecular complexity index is 1090. The largest absolute Gasteiger partial charge is 0.454 e. The lowest BCUT2D eigenvalue weighted by atomic mass is 10.1. The van der Waals surface area contributed by atoms with Crippen LogP contribution >= 0.6 is 11.6 Å². The third-order valence-corrected chi connectivity index (χ3v) is 5.63. The third kappa shape index (κ3) is 5.14. The molecule has 2 aromatic rings. The molecule has 0 bridgehead atoms. The van der Waals surface area contributed by atoms with Crippen molar-refractivity contribution in [1.82, 2.24) is 9.88 Å². The number of piperazine rings is 1. The van der Waals surface area contributed by atoms with E-state index in [1.165, 1.54) is 6.92 Å². The Balaban J connectivity index is 1.35. The van der Waals surface area contributed by atoms with Crippen LogP contribution in [0.4, 0.5) is 24.7 Å². The van der Waals surface area contributed by atoms with Crippen molar-refractivity contribution in [1.29, 1.82) is 0 Å². The Hall–Kier alpha value is -3.05. The first-order valence-electron chi connectivity index (χ1n) is 10.1. The first-order chi connectivity index (χ1) is 15.6. The molecule has 1 N–H and O–H groups in total. The van der Waals surface area contributed by atoms with Gasteiger partial charge in [0.25, 0.3) is 0 Å². The fourth-order valence-corrected chi connectivity index (χ4v) is 3.95. The van der Waals surface area contributed by atoms with E-state index < -0.39 is 11.7 Å². The van der Waals surface area contributed by atoms with Crippen molar-refractivity contribution in [3.8, 4) is 11.5 Å². The van der Waals surface area contributed by atoms with Gasteiger partial charge in [0.15, 0.2) is 17.3 Å². The van der Waals surface area contributed by atoms with Crippen molar-refractivity contribution in [2.24, 2.45) is 0 Å². The minimum atomic E-state index is -4.51. The van der Waals surface area contributed by atoms with Gasteiger partial charge in [-0.2, -0.15) is 13.2 Å². The summed E-state index contributed by atoms with van der Waals surface area (Å²) in [7, 11) is 0. The summed E-state index contributed by atoms with van der Waals surface area (Å²) < 4.78 is 49.0. The number of pyridine rings is 1. The zero-order valence-electron chi connectivity index (χ0n) is 17.5. The summed E-state index contributed by atoms with van der Waals surface area (Å²) in [5, 5.41) is 2.68. The van der Waals surface area contributed by atoms with Crippen LogP contribution in [0.3, 0.4) is 0 Å². The number of carbonyl (C=O) groups is 2. The highest BCUT2D eigenvalue weighted by Gasteiger charge is 2.32. The lowest BCUT2D eigenvalue weighted by Gasteiger charge is -2.35. The van der Waals surface area contributed by atoms with Gasteiger partial charge in [-0.1, -0.05) is 11.6 Å². The van der Waals surface area contributed by atoms with E-state index in [0.29, 0.717) is 48.9 Å². The van der Waals surface area contributed by atoms with Crippen molar-refractivity contribution in [3.63, 3.8) is 0 Å². The molecule has 33 heavy (non-hydrogen) atoms. The summed E-state index contributed by atoms with van der Waals surface area (Å²) >= 11 is 6.03. The molecule has 176 valence electrons. The zero-order chi connectivity index (χ0) is 23.8. The molecular formula is C21H20ClF3N4O4. The highest BCUT2D eigenvalue weighted by Crippen LogP contribution is 2.37. The maximum absolute atomic E-state index is 12.8. The monoisotopic (exact) mass is 484 g/mol. The number of aromatic nitrogens is 1. The average molecular weight is 485 g/mol. The van der Waals surface area contributed by atoms with Gasteiger partial charge in [-0.15, -0.1) is 0 Å². The van der Waals surface area contributed by atoms with Gasteiger partial charge in [-0.3, -0.25) is 14.5 Å². The topological polar surface area (TPSA) is 84.0 Å². The van der Waals surface area contributed by atoms with Gasteiger partial charge in [0.2, 0.25) is 12.7 Å². The predicted molar refractivity (Wildman–Crippen MR) is 114 cm³/mol. The Labute approximate surface area is 192 Å². The zero-order valence-corrected chi connectivity index (χ0v) is 18.3. The molecule has 0 atom stereocenters. The van der Waals surface area contributed by atoms with E-state index in [9.17, 15) is 22.8 Å². The van der Waals surface area contributed by atoms with Crippen LogP contribution in [0.5, 0.6) is 11.5 Å². The van der Waals surface area contributed by atoms with Crippen molar-refractivity contribution < 1.29 is 32.2 Å². The number of fused-ring (bicyclic) bond motifs is 1. The number of benzene rings is 1. The number of alkyl halides is 3. The fraction of sp³-hybridized carbons (Fsp3) is 0.381. The molecule has 12 heteroatoms. The molecule has 0 spiro atoms. The van der Waals surface area contributed by atoms with Gasteiger partial charge in [-0.25, -0.2) is 4.98 Å². The standard InChI is InChI=1S/C21H20ClF3N4O4/c1-12(30)14-7-17-18(33-11-32-17)8-16(14)27-19(31)10-28-2-4-29(5-3-28)20-15(22)6-13(9-26-20)21(23,24)25/h6-9H,2-5,10-11H2,1H3,(H,27,31). The third-order valence-electron chi connectivity index (χ3n) is 5.35. The SMILES string of the molecule is CC(=O)c1cc2c(cc1NC(=O)CN1CCN(c3ncc(C(F)(F)F)cc3Cl)CC1)OCO2. The second kappa shape index (κ2) is 9.06. The van der Waals surface area contributed by atoms with Crippen LogP contribution < -0.4 is 19.7 Å². The maximum atomic E-state index is 12.8. The van der Waals surface area contributed by atoms with E-state index >= 15 is 0 Å². The van der Waals surface area contributed by atoms with Crippen molar-refractivity contribution in [2.75, 3.05) is 49.7 Å². The lowest BCUT2D eigenvalue weighted by Crippen LogP contribution is -2.49. The molecule has 8 nitrogen and oxygen atoms in total. The Morgan fingerprint density at radius 1 is 1.12 bits per heavy atom. The van der Waals surface area contributed by atoms with Crippen LogP contribution in [-0.2, 0) is 11.0 Å². The van der Waals surface area contributed by atoms with E-state index in [-0.39, 0.29) is 35.9 Å². The molecule has 2 aliphatic rings. The number of hydrogen-bond donors (Lipinski definition) is 1. The van der Waals surface area contributed by atoms with Crippen LogP contribution in [0.25, 0.3) is 0 Å². The van der Waals surface area contributed by atoms with Crippen LogP contribution in [0.15, 0.2) is 24.4 Å². The minimum Gasteiger partial charge on any atom is -0.454 e. The van der Waals surface area contributed by atoms with E-state index in [1.807, 2.05) is 4.90 Å². The van der Waals surface area contributed by atoms with E-state index in [1.54, 1.807) is 17.0 Å². The van der Waals surface area contributed by atoms with E-state index in [2.05, 4.69) is 10.3 Å². The average Bonchev–Trinajstić information content (AvgIpc) is 3.20. The van der Waals surface area contributed by atoms with Gasteiger partial charge in [0, 0.05) is 44.0 Å². The Morgan fingerprint density at radius 2 is 1.79 bits per heavy atom. The summed E-state index contributed by atoms with van der Waals surface area (Å²) in [6.07, 6.45) is -3.75. The molecule has 2 aliphatic heterocycles. The number of nitrogens with zero attached hydrogens (tertiary/aromatic N) is 3. The molecule has 1 aromatic carbocycles. The van der Waals surface area contributed by atoms with Crippen molar-refractivity contribution in [3.05, 3.63) is 40.5 Å². The molecule has 0 aliphatic carbocycles. The first-order valence-corrected chi connectivity index (χ1v) is 10.4. The molecule has 0 radical (unpaired) electrons. The van der Waals surface area contributed by atoms with Crippen LogP contribution in [0, 0.1) is 0 Å². The summed E-state index contributed by atoms with van der Waals surface area (Å²) in [6, 6.07) is 3.97. The predicted octanol–water partition coefficient (Wildman–Crippen LogP) is 3.45. The molecule has 4 rings (SSSR count). The molecule has 0 unspecified atom stereocenters. The quantitative estimate of drug-likeness (QED) is 0.651. The molecule has 1 amide bonds. The minimum absolute atomic E-state index is 0.0478. The number of rotatable bonds is 5. The van der Waals surface area contributed by atoms with Gasteiger partial charge in [0.05, 0.1) is 22.8 Å². The normalized spacial score (nSPS) is 16.1. The van der Waals surface area contributed by atoms with Gasteiger partial charge in [-0.05, 0) is 19.1 Å². The van der Waals surface area contributed by atoms with Gasteiger partial charge < -0.3 is 19.7 Å². The molecule has 3 heterocycles. The van der Waals surface area contributed by atoms with Gasteiger partial charge >= 0.3 is 6.18 Å². The van der Waals surface area contributed by atoms with E-state index in [4.69, 9.17) is 21.1 Å². The second-order valence-electron chi connectivity index (χ2n) is 7.65. The van der Waals surface area contributed by atoms with Crippen LogP contribution in [-0.4, -0.2) is 61.1 Å². The number of ketones is 1. The van der Waals surface area contributed by atoms with Crippen molar-refractivity contribution >= 4 is 34.8 Å².